The number of aromatic nitrogens is 2. The SMILES string of the molecule is [C-]#[N+]CCC[Si](C)(C)c1c2c(nc3ccccc13)-c1cc3c(c(=O)n1C2)COC(=O)[C@]3(O)CC. The standard InChI is InChI=1S/C26H27N3O4Si/c1-5-26(32)19-13-21-22-17(14-29(21)24(30)18(19)15-33-25(26)31)23(34(3,4)12-8-11-27-2)16-9-6-7-10-20(16)28-22/h6-7,9-10,13,32H,5,8,11-12,14-15H2,1,3-4H3/t26-/m0/s1. The molecule has 7 nitrogen and oxygen atoms in total. The Kier molecular flexibility index (Phi) is 5.23. The smallest absolute Gasteiger partial charge is 0.343 e. The average Bonchev–Trinajstić information content (AvgIpc) is 3.18. The van der Waals surface area contributed by atoms with Gasteiger partial charge in [-0.1, -0.05) is 38.2 Å². The summed E-state index contributed by atoms with van der Waals surface area (Å²) < 4.78 is 6.90. The van der Waals surface area contributed by atoms with Crippen LogP contribution in [0.15, 0.2) is 35.1 Å². The Bertz CT molecular complexity index is 1450. The monoisotopic (exact) mass is 473 g/mol. The number of esters is 1. The summed E-state index contributed by atoms with van der Waals surface area (Å²) in [6.07, 6.45) is 0.963. The van der Waals surface area contributed by atoms with Crippen molar-refractivity contribution in [2.45, 2.75) is 57.7 Å². The lowest BCUT2D eigenvalue weighted by Gasteiger charge is -2.31. The zero-order valence-electron chi connectivity index (χ0n) is 19.6. The summed E-state index contributed by atoms with van der Waals surface area (Å²) in [7, 11) is -2.00. The van der Waals surface area contributed by atoms with Crippen molar-refractivity contribution in [3.05, 3.63) is 68.8 Å². The van der Waals surface area contributed by atoms with Gasteiger partial charge in [0.05, 0.1) is 37.1 Å². The maximum absolute atomic E-state index is 13.6. The number of cyclic esters (lactones) is 1. The summed E-state index contributed by atoms with van der Waals surface area (Å²) in [6.45, 7) is 14.3. The molecule has 0 fully saturated rings. The second kappa shape index (κ2) is 7.89. The van der Waals surface area contributed by atoms with Gasteiger partial charge in [-0.25, -0.2) is 16.4 Å². The van der Waals surface area contributed by atoms with E-state index in [9.17, 15) is 14.7 Å². The Morgan fingerprint density at radius 3 is 2.76 bits per heavy atom. The van der Waals surface area contributed by atoms with E-state index in [0.29, 0.717) is 29.9 Å². The minimum atomic E-state index is -2.00. The first-order chi connectivity index (χ1) is 16.2. The summed E-state index contributed by atoms with van der Waals surface area (Å²) in [5, 5.41) is 13.5. The van der Waals surface area contributed by atoms with Crippen molar-refractivity contribution in [3.8, 4) is 11.4 Å². The lowest BCUT2D eigenvalue weighted by molar-refractivity contribution is -0.172. The fourth-order valence-corrected chi connectivity index (χ4v) is 8.77. The van der Waals surface area contributed by atoms with Crippen LogP contribution in [0.2, 0.25) is 19.1 Å². The van der Waals surface area contributed by atoms with E-state index in [0.717, 1.165) is 34.6 Å². The number of benzene rings is 1. The molecule has 0 spiro atoms. The Morgan fingerprint density at radius 2 is 2.03 bits per heavy atom. The quantitative estimate of drug-likeness (QED) is 0.208. The second-order valence-corrected chi connectivity index (χ2v) is 14.6. The molecule has 3 aromatic rings. The number of pyridine rings is 2. The van der Waals surface area contributed by atoms with Gasteiger partial charge in [0.15, 0.2) is 5.60 Å². The molecular formula is C26H27N3O4Si. The first-order valence-electron chi connectivity index (χ1n) is 11.7. The van der Waals surface area contributed by atoms with E-state index >= 15 is 0 Å². The van der Waals surface area contributed by atoms with Crippen LogP contribution in [0, 0.1) is 6.57 Å². The maximum Gasteiger partial charge on any atom is 0.343 e. The number of ether oxygens (including phenoxy) is 1. The zero-order valence-corrected chi connectivity index (χ0v) is 20.6. The minimum absolute atomic E-state index is 0.117. The number of rotatable bonds is 5. The van der Waals surface area contributed by atoms with Gasteiger partial charge in [0.2, 0.25) is 6.54 Å². The van der Waals surface area contributed by atoms with Crippen molar-refractivity contribution in [1.82, 2.24) is 9.55 Å². The van der Waals surface area contributed by atoms with Crippen molar-refractivity contribution in [3.63, 3.8) is 0 Å². The Hall–Kier alpha value is -3.28. The summed E-state index contributed by atoms with van der Waals surface area (Å²) in [5.41, 5.74) is 1.89. The van der Waals surface area contributed by atoms with Crippen LogP contribution in [0.1, 0.15) is 36.5 Å². The van der Waals surface area contributed by atoms with E-state index < -0.39 is 19.6 Å². The highest BCUT2D eigenvalue weighted by atomic mass is 28.3. The highest BCUT2D eigenvalue weighted by molar-refractivity contribution is 6.91. The van der Waals surface area contributed by atoms with Gasteiger partial charge >= 0.3 is 5.97 Å². The predicted molar refractivity (Wildman–Crippen MR) is 133 cm³/mol. The third-order valence-electron chi connectivity index (χ3n) is 7.34. The highest BCUT2D eigenvalue weighted by Gasteiger charge is 2.45. The Balaban J connectivity index is 1.78. The van der Waals surface area contributed by atoms with Gasteiger partial charge in [0.1, 0.15) is 6.61 Å². The number of hydrogen-bond acceptors (Lipinski definition) is 5. The van der Waals surface area contributed by atoms with Gasteiger partial charge in [-0.3, -0.25) is 4.79 Å². The molecule has 34 heavy (non-hydrogen) atoms. The van der Waals surface area contributed by atoms with Gasteiger partial charge in [-0.15, -0.1) is 0 Å². The fraction of sp³-hybridized carbons (Fsp3) is 0.385. The molecule has 1 atom stereocenters. The molecule has 2 aliphatic heterocycles. The van der Waals surface area contributed by atoms with E-state index in [1.54, 1.807) is 17.6 Å². The molecule has 0 radical (unpaired) electrons. The van der Waals surface area contributed by atoms with Crippen molar-refractivity contribution < 1.29 is 14.6 Å². The largest absolute Gasteiger partial charge is 0.458 e. The molecule has 8 heteroatoms. The minimum Gasteiger partial charge on any atom is -0.458 e. The molecule has 1 aromatic carbocycles. The summed E-state index contributed by atoms with van der Waals surface area (Å²) in [6, 6.07) is 10.8. The van der Waals surface area contributed by atoms with E-state index in [1.807, 2.05) is 18.2 Å². The van der Waals surface area contributed by atoms with Crippen molar-refractivity contribution in [2.24, 2.45) is 0 Å². The first kappa shape index (κ1) is 22.5. The van der Waals surface area contributed by atoms with E-state index in [-0.39, 0.29) is 18.6 Å². The Morgan fingerprint density at radius 1 is 1.26 bits per heavy atom. The third-order valence-corrected chi connectivity index (χ3v) is 10.9. The Labute approximate surface area is 198 Å². The van der Waals surface area contributed by atoms with Gasteiger partial charge in [0.25, 0.3) is 5.56 Å². The fourth-order valence-electron chi connectivity index (χ4n) is 5.53. The van der Waals surface area contributed by atoms with Crippen LogP contribution in [-0.4, -0.2) is 35.2 Å². The maximum atomic E-state index is 13.6. The number of aliphatic hydroxyl groups is 1. The van der Waals surface area contributed by atoms with Crippen LogP contribution in [-0.2, 0) is 28.3 Å². The molecule has 5 rings (SSSR count). The van der Waals surface area contributed by atoms with Gasteiger partial charge in [-0.2, -0.15) is 0 Å². The lowest BCUT2D eigenvalue weighted by atomic mass is 9.86. The molecule has 174 valence electrons. The highest BCUT2D eigenvalue weighted by Crippen LogP contribution is 2.39. The summed E-state index contributed by atoms with van der Waals surface area (Å²) in [5.74, 6) is -0.717. The average molecular weight is 474 g/mol. The van der Waals surface area contributed by atoms with Gasteiger partial charge in [-0.05, 0) is 40.7 Å². The topological polar surface area (TPSA) is 85.8 Å². The van der Waals surface area contributed by atoms with Crippen LogP contribution in [0.4, 0.5) is 0 Å². The van der Waals surface area contributed by atoms with Crippen LogP contribution in [0.5, 0.6) is 0 Å². The molecule has 0 bridgehead atoms. The van der Waals surface area contributed by atoms with Crippen molar-refractivity contribution in [1.29, 1.82) is 0 Å². The van der Waals surface area contributed by atoms with Crippen LogP contribution in [0.25, 0.3) is 27.1 Å². The van der Waals surface area contributed by atoms with Gasteiger partial charge in [0, 0.05) is 12.0 Å². The number of fused-ring (bicyclic) bond motifs is 5. The number of carbonyl (C=O) groups excluding carboxylic acids is 1. The molecule has 0 amide bonds. The van der Waals surface area contributed by atoms with Crippen LogP contribution < -0.4 is 10.7 Å². The molecule has 0 saturated heterocycles. The van der Waals surface area contributed by atoms with Crippen molar-refractivity contribution >= 4 is 30.1 Å². The molecule has 2 aromatic heterocycles. The molecular weight excluding hydrogens is 446 g/mol. The van der Waals surface area contributed by atoms with E-state index in [1.165, 1.54) is 5.19 Å². The lowest BCUT2D eigenvalue weighted by Crippen LogP contribution is -2.45. The van der Waals surface area contributed by atoms with E-state index in [4.69, 9.17) is 16.3 Å². The number of para-hydroxylation sites is 1. The third kappa shape index (κ3) is 3.15. The first-order valence-corrected chi connectivity index (χ1v) is 14.9. The number of nitrogens with zero attached hydrogens (tertiary/aromatic N) is 3. The molecule has 0 unspecified atom stereocenters. The van der Waals surface area contributed by atoms with Gasteiger partial charge < -0.3 is 19.3 Å². The number of carbonyl (C=O) groups is 1. The van der Waals surface area contributed by atoms with Crippen LogP contribution >= 0.6 is 0 Å². The molecule has 2 aliphatic rings. The van der Waals surface area contributed by atoms with Crippen LogP contribution in [0.3, 0.4) is 0 Å². The summed E-state index contributed by atoms with van der Waals surface area (Å²) in [4.78, 5) is 34.5. The van der Waals surface area contributed by atoms with E-state index in [2.05, 4.69) is 24.0 Å². The molecule has 4 heterocycles. The summed E-state index contributed by atoms with van der Waals surface area (Å²) >= 11 is 0. The predicted octanol–water partition coefficient (Wildman–Crippen LogP) is 3.30. The molecule has 0 aliphatic carbocycles. The normalized spacial score (nSPS) is 18.7. The molecule has 1 N–H and O–H groups in total. The molecule has 0 saturated carbocycles. The van der Waals surface area contributed by atoms with Crippen molar-refractivity contribution in [2.75, 3.05) is 6.54 Å². The second-order valence-electron chi connectivity index (χ2n) is 9.80. The number of hydrogen-bond donors (Lipinski definition) is 1. The zero-order chi connectivity index (χ0) is 24.3.